The molecule has 86 valence electrons. The van der Waals surface area contributed by atoms with Crippen LogP contribution in [0.5, 0.6) is 5.75 Å². The second-order valence-corrected chi connectivity index (χ2v) is 3.32. The molecule has 0 spiro atoms. The minimum Gasteiger partial charge on any atom is -0.507 e. The van der Waals surface area contributed by atoms with E-state index in [0.717, 1.165) is 6.07 Å². The Morgan fingerprint density at radius 1 is 1.44 bits per heavy atom. The van der Waals surface area contributed by atoms with Gasteiger partial charge in [0.05, 0.1) is 6.04 Å². The number of carbonyl (C=O) groups is 2. The van der Waals surface area contributed by atoms with Crippen molar-refractivity contribution >= 4 is 17.6 Å². The number of rotatable bonds is 3. The molecule has 1 atom stereocenters. The van der Waals surface area contributed by atoms with E-state index in [2.05, 4.69) is 5.32 Å². The van der Waals surface area contributed by atoms with E-state index >= 15 is 0 Å². The predicted octanol–water partition coefficient (Wildman–Crippen LogP) is 0.376. The second-order valence-electron chi connectivity index (χ2n) is 3.32. The van der Waals surface area contributed by atoms with Gasteiger partial charge in [0.1, 0.15) is 11.3 Å². The third kappa shape index (κ3) is 2.71. The van der Waals surface area contributed by atoms with Crippen molar-refractivity contribution in [2.75, 3.05) is 5.32 Å². The lowest BCUT2D eigenvalue weighted by atomic mass is 10.1. The van der Waals surface area contributed by atoms with Gasteiger partial charge in [0.2, 0.25) is 5.91 Å². The minimum absolute atomic E-state index is 0.275. The number of anilines is 1. The van der Waals surface area contributed by atoms with Gasteiger partial charge in [-0.1, -0.05) is 0 Å². The molecular weight excluding hydrogens is 212 g/mol. The van der Waals surface area contributed by atoms with Crippen LogP contribution in [0.4, 0.5) is 5.69 Å². The van der Waals surface area contributed by atoms with Crippen molar-refractivity contribution in [2.24, 2.45) is 5.73 Å². The number of carbonyl (C=O) groups excluding carboxylic acids is 1. The molecular formula is C10H12N2O4. The van der Waals surface area contributed by atoms with Gasteiger partial charge >= 0.3 is 5.97 Å². The van der Waals surface area contributed by atoms with Crippen LogP contribution < -0.4 is 11.1 Å². The standard InChI is InChI=1S/C10H12N2O4/c1-5(11)9(14)12-6-2-3-8(13)7(4-6)10(15)16/h2-5,13H,11H2,1H3,(H,12,14)(H,15,16)/t5-/m0/s1. The molecule has 0 unspecified atom stereocenters. The van der Waals surface area contributed by atoms with Gasteiger partial charge in [-0.2, -0.15) is 0 Å². The Balaban J connectivity index is 2.95. The number of phenols is 1. The minimum atomic E-state index is -1.27. The fraction of sp³-hybridized carbons (Fsp3) is 0.200. The maximum atomic E-state index is 11.2. The van der Waals surface area contributed by atoms with Gasteiger partial charge in [-0.05, 0) is 25.1 Å². The maximum absolute atomic E-state index is 11.2. The van der Waals surface area contributed by atoms with E-state index in [4.69, 9.17) is 10.8 Å². The average Bonchev–Trinajstić information content (AvgIpc) is 2.20. The number of amides is 1. The van der Waals surface area contributed by atoms with Crippen LogP contribution in [0.1, 0.15) is 17.3 Å². The number of aromatic carboxylic acids is 1. The number of nitrogens with two attached hydrogens (primary N) is 1. The monoisotopic (exact) mass is 224 g/mol. The zero-order valence-corrected chi connectivity index (χ0v) is 8.60. The summed E-state index contributed by atoms with van der Waals surface area (Å²) < 4.78 is 0. The van der Waals surface area contributed by atoms with Crippen LogP contribution in [-0.2, 0) is 4.79 Å². The molecule has 16 heavy (non-hydrogen) atoms. The normalized spacial score (nSPS) is 11.9. The van der Waals surface area contributed by atoms with E-state index < -0.39 is 17.9 Å². The number of nitrogens with one attached hydrogen (secondary N) is 1. The number of benzene rings is 1. The number of carboxylic acids is 1. The number of hydrogen-bond donors (Lipinski definition) is 4. The molecule has 0 heterocycles. The van der Waals surface area contributed by atoms with Crippen LogP contribution in [0.15, 0.2) is 18.2 Å². The van der Waals surface area contributed by atoms with E-state index in [9.17, 15) is 14.7 Å². The largest absolute Gasteiger partial charge is 0.507 e. The summed E-state index contributed by atoms with van der Waals surface area (Å²) in [5.41, 5.74) is 5.33. The molecule has 1 aromatic carbocycles. The summed E-state index contributed by atoms with van der Waals surface area (Å²) in [5.74, 6) is -2.05. The Kier molecular flexibility index (Phi) is 3.47. The SMILES string of the molecule is C[C@H](N)C(=O)Nc1ccc(O)c(C(=O)O)c1. The highest BCUT2D eigenvalue weighted by Gasteiger charge is 2.12. The first kappa shape index (κ1) is 12.0. The first-order valence-corrected chi connectivity index (χ1v) is 4.54. The van der Waals surface area contributed by atoms with Gasteiger partial charge < -0.3 is 21.3 Å². The highest BCUT2D eigenvalue weighted by atomic mass is 16.4. The fourth-order valence-corrected chi connectivity index (χ4v) is 1.04. The van der Waals surface area contributed by atoms with Gasteiger partial charge in [-0.25, -0.2) is 4.79 Å². The summed E-state index contributed by atoms with van der Waals surface area (Å²) in [4.78, 5) is 21.9. The van der Waals surface area contributed by atoms with E-state index in [1.807, 2.05) is 0 Å². The molecule has 0 fully saturated rings. The van der Waals surface area contributed by atoms with Gasteiger partial charge in [-0.3, -0.25) is 4.79 Å². The van der Waals surface area contributed by atoms with E-state index in [0.29, 0.717) is 0 Å². The van der Waals surface area contributed by atoms with Crippen molar-refractivity contribution < 1.29 is 19.8 Å². The summed E-state index contributed by atoms with van der Waals surface area (Å²) in [6.45, 7) is 1.51. The highest BCUT2D eigenvalue weighted by molar-refractivity contribution is 5.97. The van der Waals surface area contributed by atoms with Crippen molar-refractivity contribution in [3.8, 4) is 5.75 Å². The quantitative estimate of drug-likeness (QED) is 0.554. The molecule has 6 nitrogen and oxygen atoms in total. The molecule has 0 bridgehead atoms. The zero-order valence-electron chi connectivity index (χ0n) is 8.60. The second kappa shape index (κ2) is 4.63. The zero-order chi connectivity index (χ0) is 12.3. The first-order valence-electron chi connectivity index (χ1n) is 4.54. The number of carboxylic acid groups (broad SMARTS) is 1. The van der Waals surface area contributed by atoms with Crippen molar-refractivity contribution in [3.63, 3.8) is 0 Å². The fourth-order valence-electron chi connectivity index (χ4n) is 1.04. The molecule has 1 amide bonds. The van der Waals surface area contributed by atoms with Crippen LogP contribution in [0.3, 0.4) is 0 Å². The Morgan fingerprint density at radius 2 is 2.06 bits per heavy atom. The molecule has 0 saturated heterocycles. The lowest BCUT2D eigenvalue weighted by Crippen LogP contribution is -2.32. The smallest absolute Gasteiger partial charge is 0.339 e. The Labute approximate surface area is 91.7 Å². The summed E-state index contributed by atoms with van der Waals surface area (Å²) in [7, 11) is 0. The topological polar surface area (TPSA) is 113 Å². The maximum Gasteiger partial charge on any atom is 0.339 e. The van der Waals surface area contributed by atoms with Gasteiger partial charge in [0, 0.05) is 5.69 Å². The van der Waals surface area contributed by atoms with E-state index in [1.165, 1.54) is 19.1 Å². The third-order valence-corrected chi connectivity index (χ3v) is 1.91. The molecule has 1 rings (SSSR count). The average molecular weight is 224 g/mol. The highest BCUT2D eigenvalue weighted by Crippen LogP contribution is 2.21. The summed E-state index contributed by atoms with van der Waals surface area (Å²) >= 11 is 0. The Morgan fingerprint density at radius 3 is 2.56 bits per heavy atom. The molecule has 5 N–H and O–H groups in total. The van der Waals surface area contributed by atoms with Crippen molar-refractivity contribution in [3.05, 3.63) is 23.8 Å². The Hall–Kier alpha value is -2.08. The summed E-state index contributed by atoms with van der Waals surface area (Å²) in [5, 5.41) is 20.4. The van der Waals surface area contributed by atoms with Crippen LogP contribution in [-0.4, -0.2) is 28.1 Å². The summed E-state index contributed by atoms with van der Waals surface area (Å²) in [6.07, 6.45) is 0. The summed E-state index contributed by atoms with van der Waals surface area (Å²) in [6, 6.07) is 3.06. The molecule has 0 aromatic heterocycles. The Bertz CT molecular complexity index is 429. The lowest BCUT2D eigenvalue weighted by Gasteiger charge is -2.08. The van der Waals surface area contributed by atoms with Crippen LogP contribution in [0.25, 0.3) is 0 Å². The van der Waals surface area contributed by atoms with E-state index in [1.54, 1.807) is 0 Å². The van der Waals surface area contributed by atoms with Crippen LogP contribution >= 0.6 is 0 Å². The van der Waals surface area contributed by atoms with Gasteiger partial charge in [0.15, 0.2) is 0 Å². The van der Waals surface area contributed by atoms with Crippen molar-refractivity contribution in [1.82, 2.24) is 0 Å². The van der Waals surface area contributed by atoms with Gasteiger partial charge in [0.25, 0.3) is 0 Å². The van der Waals surface area contributed by atoms with Crippen molar-refractivity contribution in [1.29, 1.82) is 0 Å². The van der Waals surface area contributed by atoms with E-state index in [-0.39, 0.29) is 17.0 Å². The lowest BCUT2D eigenvalue weighted by molar-refractivity contribution is -0.117. The molecule has 0 aliphatic carbocycles. The third-order valence-electron chi connectivity index (χ3n) is 1.91. The van der Waals surface area contributed by atoms with Gasteiger partial charge in [-0.15, -0.1) is 0 Å². The number of aromatic hydroxyl groups is 1. The molecule has 0 radical (unpaired) electrons. The van der Waals surface area contributed by atoms with Crippen molar-refractivity contribution in [2.45, 2.75) is 13.0 Å². The predicted molar refractivity (Wildman–Crippen MR) is 57.3 cm³/mol. The van der Waals surface area contributed by atoms with Crippen LogP contribution in [0.2, 0.25) is 0 Å². The molecule has 0 aliphatic rings. The molecule has 0 aliphatic heterocycles. The first-order chi connectivity index (χ1) is 7.41. The number of hydrogen-bond acceptors (Lipinski definition) is 4. The molecule has 1 aromatic rings. The van der Waals surface area contributed by atoms with Crippen LogP contribution in [0, 0.1) is 0 Å². The molecule has 0 saturated carbocycles. The molecule has 6 heteroatoms.